The lowest BCUT2D eigenvalue weighted by Gasteiger charge is -2.17. The Bertz CT molecular complexity index is 560. The maximum atomic E-state index is 5.95. The molecule has 0 aliphatic carbocycles. The van der Waals surface area contributed by atoms with Gasteiger partial charge in [-0.2, -0.15) is 0 Å². The Kier molecular flexibility index (Phi) is 5.41. The standard InChI is InChI=1S/C16H18ClNO2/c1-19-15-7-3-5-13(9-15)16(10-18)20-11-12-4-2-6-14(17)8-12/h2-9,16H,10-11,18H2,1H3. The molecule has 20 heavy (non-hydrogen) atoms. The van der Waals surface area contributed by atoms with E-state index in [9.17, 15) is 0 Å². The van der Waals surface area contributed by atoms with Gasteiger partial charge in [-0.1, -0.05) is 35.9 Å². The fraction of sp³-hybridized carbons (Fsp3) is 0.250. The first-order valence-corrected chi connectivity index (χ1v) is 6.81. The molecular formula is C16H18ClNO2. The Morgan fingerprint density at radius 1 is 1.15 bits per heavy atom. The molecule has 106 valence electrons. The van der Waals surface area contributed by atoms with Crippen LogP contribution >= 0.6 is 11.6 Å². The largest absolute Gasteiger partial charge is 0.497 e. The van der Waals surface area contributed by atoms with Crippen molar-refractivity contribution < 1.29 is 9.47 Å². The molecule has 0 saturated heterocycles. The fourth-order valence-corrected chi connectivity index (χ4v) is 2.18. The lowest BCUT2D eigenvalue weighted by Crippen LogP contribution is -2.15. The van der Waals surface area contributed by atoms with E-state index < -0.39 is 0 Å². The van der Waals surface area contributed by atoms with Crippen LogP contribution in [0.4, 0.5) is 0 Å². The molecule has 1 unspecified atom stereocenters. The highest BCUT2D eigenvalue weighted by Crippen LogP contribution is 2.23. The minimum atomic E-state index is -0.163. The van der Waals surface area contributed by atoms with Crippen molar-refractivity contribution in [2.45, 2.75) is 12.7 Å². The van der Waals surface area contributed by atoms with Crippen LogP contribution in [0.3, 0.4) is 0 Å². The molecule has 0 amide bonds. The first-order valence-electron chi connectivity index (χ1n) is 6.43. The zero-order chi connectivity index (χ0) is 14.4. The minimum absolute atomic E-state index is 0.163. The van der Waals surface area contributed by atoms with Gasteiger partial charge in [0.15, 0.2) is 0 Å². The van der Waals surface area contributed by atoms with Gasteiger partial charge in [-0.3, -0.25) is 0 Å². The number of hydrogen-bond acceptors (Lipinski definition) is 3. The lowest BCUT2D eigenvalue weighted by molar-refractivity contribution is 0.0455. The molecule has 0 aromatic heterocycles. The second-order valence-electron chi connectivity index (χ2n) is 4.44. The summed E-state index contributed by atoms with van der Waals surface area (Å²) < 4.78 is 11.1. The van der Waals surface area contributed by atoms with Crippen LogP contribution in [0, 0.1) is 0 Å². The molecule has 3 nitrogen and oxygen atoms in total. The average molecular weight is 292 g/mol. The van der Waals surface area contributed by atoms with E-state index in [1.165, 1.54) is 0 Å². The summed E-state index contributed by atoms with van der Waals surface area (Å²) in [5.41, 5.74) is 7.83. The predicted octanol–water partition coefficient (Wildman–Crippen LogP) is 3.57. The number of halogens is 1. The number of methoxy groups -OCH3 is 1. The third-order valence-electron chi connectivity index (χ3n) is 3.02. The van der Waals surface area contributed by atoms with Gasteiger partial charge in [0.1, 0.15) is 5.75 Å². The quantitative estimate of drug-likeness (QED) is 0.885. The van der Waals surface area contributed by atoms with Crippen molar-refractivity contribution in [3.8, 4) is 5.75 Å². The number of nitrogens with two attached hydrogens (primary N) is 1. The maximum absolute atomic E-state index is 5.95. The highest BCUT2D eigenvalue weighted by atomic mass is 35.5. The summed E-state index contributed by atoms with van der Waals surface area (Å²) >= 11 is 5.95. The molecule has 2 aromatic rings. The van der Waals surface area contributed by atoms with Gasteiger partial charge >= 0.3 is 0 Å². The highest BCUT2D eigenvalue weighted by Gasteiger charge is 2.11. The smallest absolute Gasteiger partial charge is 0.119 e. The summed E-state index contributed by atoms with van der Waals surface area (Å²) in [7, 11) is 1.64. The lowest BCUT2D eigenvalue weighted by atomic mass is 10.1. The number of hydrogen-bond donors (Lipinski definition) is 1. The summed E-state index contributed by atoms with van der Waals surface area (Å²) in [5, 5.41) is 0.705. The Labute approximate surface area is 124 Å². The van der Waals surface area contributed by atoms with Gasteiger partial charge in [0.25, 0.3) is 0 Å². The van der Waals surface area contributed by atoms with Crippen LogP contribution in [0.15, 0.2) is 48.5 Å². The zero-order valence-electron chi connectivity index (χ0n) is 11.4. The van der Waals surface area contributed by atoms with Crippen LogP contribution in [0.5, 0.6) is 5.75 Å². The van der Waals surface area contributed by atoms with Gasteiger partial charge in [-0.25, -0.2) is 0 Å². The normalized spacial score (nSPS) is 12.2. The molecule has 2 aromatic carbocycles. The first-order chi connectivity index (χ1) is 9.72. The van der Waals surface area contributed by atoms with E-state index in [4.69, 9.17) is 26.8 Å². The Morgan fingerprint density at radius 2 is 1.95 bits per heavy atom. The van der Waals surface area contributed by atoms with Crippen molar-refractivity contribution in [3.63, 3.8) is 0 Å². The molecule has 0 spiro atoms. The third-order valence-corrected chi connectivity index (χ3v) is 3.25. The molecular weight excluding hydrogens is 274 g/mol. The van der Waals surface area contributed by atoms with Gasteiger partial charge < -0.3 is 15.2 Å². The van der Waals surface area contributed by atoms with E-state index in [0.717, 1.165) is 16.9 Å². The van der Waals surface area contributed by atoms with Crippen molar-refractivity contribution in [2.24, 2.45) is 5.73 Å². The summed E-state index contributed by atoms with van der Waals surface area (Å²) in [4.78, 5) is 0. The molecule has 0 aliphatic rings. The zero-order valence-corrected chi connectivity index (χ0v) is 12.1. The average Bonchev–Trinajstić information content (AvgIpc) is 2.48. The second kappa shape index (κ2) is 7.29. The van der Waals surface area contributed by atoms with Gasteiger partial charge in [0.05, 0.1) is 19.8 Å². The highest BCUT2D eigenvalue weighted by molar-refractivity contribution is 6.30. The number of rotatable bonds is 6. The van der Waals surface area contributed by atoms with E-state index in [1.54, 1.807) is 7.11 Å². The Hall–Kier alpha value is -1.55. The summed E-state index contributed by atoms with van der Waals surface area (Å²) in [6.45, 7) is 0.882. The molecule has 1 atom stereocenters. The van der Waals surface area contributed by atoms with Crippen LogP contribution < -0.4 is 10.5 Å². The van der Waals surface area contributed by atoms with Gasteiger partial charge in [0.2, 0.25) is 0 Å². The van der Waals surface area contributed by atoms with E-state index in [0.29, 0.717) is 18.2 Å². The van der Waals surface area contributed by atoms with E-state index in [1.807, 2.05) is 48.5 Å². The minimum Gasteiger partial charge on any atom is -0.497 e. The first kappa shape index (κ1) is 14.9. The molecule has 0 radical (unpaired) electrons. The van der Waals surface area contributed by atoms with Gasteiger partial charge in [-0.15, -0.1) is 0 Å². The van der Waals surface area contributed by atoms with Crippen LogP contribution in [0.1, 0.15) is 17.2 Å². The van der Waals surface area contributed by atoms with Crippen LogP contribution in [-0.4, -0.2) is 13.7 Å². The number of ether oxygens (including phenoxy) is 2. The third kappa shape index (κ3) is 3.97. The van der Waals surface area contributed by atoms with E-state index in [-0.39, 0.29) is 6.10 Å². The Balaban J connectivity index is 2.05. The van der Waals surface area contributed by atoms with Crippen molar-refractivity contribution >= 4 is 11.6 Å². The molecule has 0 saturated carbocycles. The van der Waals surface area contributed by atoms with Gasteiger partial charge in [-0.05, 0) is 35.4 Å². The number of benzene rings is 2. The fourth-order valence-electron chi connectivity index (χ4n) is 1.97. The van der Waals surface area contributed by atoms with E-state index >= 15 is 0 Å². The Morgan fingerprint density at radius 3 is 2.65 bits per heavy atom. The SMILES string of the molecule is COc1cccc(C(CN)OCc2cccc(Cl)c2)c1. The second-order valence-corrected chi connectivity index (χ2v) is 4.88. The molecule has 0 aliphatic heterocycles. The predicted molar refractivity (Wildman–Crippen MR) is 81.0 cm³/mol. The van der Waals surface area contributed by atoms with E-state index in [2.05, 4.69) is 0 Å². The molecule has 2 N–H and O–H groups in total. The summed E-state index contributed by atoms with van der Waals surface area (Å²) in [6.07, 6.45) is -0.163. The van der Waals surface area contributed by atoms with Crippen LogP contribution in [0.25, 0.3) is 0 Å². The topological polar surface area (TPSA) is 44.5 Å². The van der Waals surface area contributed by atoms with Crippen molar-refractivity contribution in [2.75, 3.05) is 13.7 Å². The van der Waals surface area contributed by atoms with Crippen molar-refractivity contribution in [1.82, 2.24) is 0 Å². The van der Waals surface area contributed by atoms with Crippen LogP contribution in [-0.2, 0) is 11.3 Å². The molecule has 0 fully saturated rings. The molecule has 0 bridgehead atoms. The van der Waals surface area contributed by atoms with Crippen molar-refractivity contribution in [3.05, 3.63) is 64.7 Å². The summed E-state index contributed by atoms with van der Waals surface area (Å²) in [5.74, 6) is 0.798. The summed E-state index contributed by atoms with van der Waals surface area (Å²) in [6, 6.07) is 15.4. The monoisotopic (exact) mass is 291 g/mol. The maximum Gasteiger partial charge on any atom is 0.119 e. The van der Waals surface area contributed by atoms with Crippen LogP contribution in [0.2, 0.25) is 5.02 Å². The van der Waals surface area contributed by atoms with Crippen molar-refractivity contribution in [1.29, 1.82) is 0 Å². The molecule has 2 rings (SSSR count). The molecule has 4 heteroatoms. The van der Waals surface area contributed by atoms with Gasteiger partial charge in [0, 0.05) is 11.6 Å². The molecule has 0 heterocycles.